The van der Waals surface area contributed by atoms with Crippen LogP contribution in [0, 0.1) is 33.6 Å². The monoisotopic (exact) mass is 807 g/mol. The van der Waals surface area contributed by atoms with Crippen molar-refractivity contribution in [2.45, 2.75) is 158 Å². The van der Waals surface area contributed by atoms with Gasteiger partial charge in [0, 0.05) is 22.5 Å². The van der Waals surface area contributed by atoms with Gasteiger partial charge < -0.3 is 29.2 Å². The second-order valence-electron chi connectivity index (χ2n) is 19.0. The molecule has 0 saturated carbocycles. The summed E-state index contributed by atoms with van der Waals surface area (Å²) in [5.74, 6) is 4.42. The van der Waals surface area contributed by atoms with Gasteiger partial charge in [-0.15, -0.1) is 0 Å². The molecule has 0 saturated heterocycles. The highest BCUT2D eigenvalue weighted by Crippen LogP contribution is 2.65. The smallest absolute Gasteiger partial charge is 0.161 e. The summed E-state index contributed by atoms with van der Waals surface area (Å²) in [7, 11) is 0. The third kappa shape index (κ3) is 9.37. The number of rotatable bonds is 15. The standard InChI is InChI=1S/C33H48O4.C20H26O2/c1-9-13-34-27-17-23-25(19-29(27)36-15-11-3)33(21-31(23,5)6)22-32(7,8)24-18-28(35-14-10-2)30(20-26(24)33)37-16-12-4;1-11(2)18(16-9-12(3)7-14(5)19(16)21)17-10-13(4)8-15(6)20(17)22/h17-20H,9-16,21-22H2,1-8H3;7-11,18,21-22H,1-6H3. The molecule has 322 valence electrons. The maximum atomic E-state index is 10.6. The highest BCUT2D eigenvalue weighted by atomic mass is 16.5. The van der Waals surface area contributed by atoms with Gasteiger partial charge in [-0.1, -0.05) is 105 Å². The summed E-state index contributed by atoms with van der Waals surface area (Å²) in [6, 6.07) is 17.2. The summed E-state index contributed by atoms with van der Waals surface area (Å²) >= 11 is 0. The number of hydrogen-bond donors (Lipinski definition) is 2. The molecule has 0 radical (unpaired) electrons. The summed E-state index contributed by atoms with van der Waals surface area (Å²) in [5.41, 5.74) is 11.3. The molecule has 6 nitrogen and oxygen atoms in total. The van der Waals surface area contributed by atoms with Gasteiger partial charge in [-0.3, -0.25) is 0 Å². The van der Waals surface area contributed by atoms with E-state index >= 15 is 0 Å². The van der Waals surface area contributed by atoms with Crippen molar-refractivity contribution in [3.8, 4) is 34.5 Å². The molecule has 2 N–H and O–H groups in total. The average Bonchev–Trinajstić information content (AvgIpc) is 3.52. The molecule has 2 aliphatic rings. The second-order valence-corrected chi connectivity index (χ2v) is 19.0. The van der Waals surface area contributed by atoms with Crippen molar-refractivity contribution in [1.29, 1.82) is 0 Å². The third-order valence-corrected chi connectivity index (χ3v) is 12.3. The first-order chi connectivity index (χ1) is 27.8. The molecule has 0 heterocycles. The summed E-state index contributed by atoms with van der Waals surface area (Å²) < 4.78 is 25.0. The van der Waals surface area contributed by atoms with E-state index in [9.17, 15) is 10.2 Å². The van der Waals surface area contributed by atoms with Gasteiger partial charge in [0.05, 0.1) is 26.4 Å². The molecule has 0 unspecified atom stereocenters. The number of hydrogen-bond acceptors (Lipinski definition) is 6. The minimum absolute atomic E-state index is 0.0163. The summed E-state index contributed by atoms with van der Waals surface area (Å²) in [5, 5.41) is 21.1. The average molecular weight is 807 g/mol. The van der Waals surface area contributed by atoms with Gasteiger partial charge in [0.2, 0.25) is 0 Å². The van der Waals surface area contributed by atoms with Crippen molar-refractivity contribution in [1.82, 2.24) is 0 Å². The van der Waals surface area contributed by atoms with Crippen LogP contribution < -0.4 is 18.9 Å². The van der Waals surface area contributed by atoms with Crippen LogP contribution in [0.5, 0.6) is 34.5 Å². The number of benzene rings is 4. The van der Waals surface area contributed by atoms with E-state index in [2.05, 4.69) is 93.5 Å². The number of phenolic OH excluding ortho intramolecular Hbond substituents is 2. The van der Waals surface area contributed by atoms with E-state index in [0.717, 1.165) is 94.9 Å². The van der Waals surface area contributed by atoms with E-state index < -0.39 is 0 Å². The lowest BCUT2D eigenvalue weighted by molar-refractivity contribution is 0.267. The number of ether oxygens (including phenoxy) is 4. The highest BCUT2D eigenvalue weighted by Gasteiger charge is 2.57. The lowest BCUT2D eigenvalue weighted by Crippen LogP contribution is -2.27. The summed E-state index contributed by atoms with van der Waals surface area (Å²) in [6.45, 7) is 33.1. The van der Waals surface area contributed by atoms with Crippen molar-refractivity contribution in [3.63, 3.8) is 0 Å². The fourth-order valence-corrected chi connectivity index (χ4v) is 9.96. The first kappa shape index (κ1) is 45.8. The third-order valence-electron chi connectivity index (χ3n) is 12.3. The Kier molecular flexibility index (Phi) is 14.4. The Hall–Kier alpha value is -4.32. The lowest BCUT2D eigenvalue weighted by atomic mass is 9.72. The molecule has 4 aromatic carbocycles. The molecule has 0 aliphatic heterocycles. The Morgan fingerprint density at radius 3 is 1.08 bits per heavy atom. The van der Waals surface area contributed by atoms with Crippen LogP contribution in [0.15, 0.2) is 48.5 Å². The fourth-order valence-electron chi connectivity index (χ4n) is 9.96. The van der Waals surface area contributed by atoms with E-state index in [4.69, 9.17) is 18.9 Å². The molecule has 0 amide bonds. The normalized spacial score (nSPS) is 15.5. The van der Waals surface area contributed by atoms with Gasteiger partial charge >= 0.3 is 0 Å². The van der Waals surface area contributed by atoms with Crippen molar-refractivity contribution >= 4 is 0 Å². The van der Waals surface area contributed by atoms with Gasteiger partial charge in [-0.2, -0.15) is 0 Å². The molecule has 0 atom stereocenters. The van der Waals surface area contributed by atoms with Crippen LogP contribution in [-0.2, 0) is 16.2 Å². The zero-order valence-electron chi connectivity index (χ0n) is 38.9. The second kappa shape index (κ2) is 18.5. The van der Waals surface area contributed by atoms with Crippen LogP contribution in [-0.4, -0.2) is 36.6 Å². The van der Waals surface area contributed by atoms with Gasteiger partial charge in [0.15, 0.2) is 23.0 Å². The maximum absolute atomic E-state index is 10.6. The summed E-state index contributed by atoms with van der Waals surface area (Å²) in [4.78, 5) is 0. The summed E-state index contributed by atoms with van der Waals surface area (Å²) in [6.07, 6.45) is 5.99. The van der Waals surface area contributed by atoms with Gasteiger partial charge in [-0.25, -0.2) is 0 Å². The Bertz CT molecular complexity index is 1940. The number of fused-ring (bicyclic) bond motifs is 4. The fraction of sp³-hybridized carbons (Fsp3) is 0.547. The Morgan fingerprint density at radius 1 is 0.492 bits per heavy atom. The van der Waals surface area contributed by atoms with Gasteiger partial charge in [0.25, 0.3) is 0 Å². The molecule has 1 spiro atoms. The van der Waals surface area contributed by atoms with Crippen LogP contribution in [0.1, 0.15) is 169 Å². The van der Waals surface area contributed by atoms with Gasteiger partial charge in [-0.05, 0) is 141 Å². The first-order valence-corrected chi connectivity index (χ1v) is 22.3. The van der Waals surface area contributed by atoms with Crippen LogP contribution in [0.2, 0.25) is 0 Å². The molecule has 6 heteroatoms. The Balaban J connectivity index is 0.000000256. The predicted molar refractivity (Wildman–Crippen MR) is 244 cm³/mol. The predicted octanol–water partition coefficient (Wildman–Crippen LogP) is 13.6. The van der Waals surface area contributed by atoms with E-state index in [1.54, 1.807) is 0 Å². The molecule has 0 fully saturated rings. The zero-order chi connectivity index (χ0) is 43.4. The zero-order valence-corrected chi connectivity index (χ0v) is 38.9. The van der Waals surface area contributed by atoms with E-state index in [-0.39, 0.29) is 28.1 Å². The molecule has 59 heavy (non-hydrogen) atoms. The quantitative estimate of drug-likeness (QED) is 0.125. The van der Waals surface area contributed by atoms with Crippen molar-refractivity contribution in [2.24, 2.45) is 5.92 Å². The van der Waals surface area contributed by atoms with Gasteiger partial charge in [0.1, 0.15) is 11.5 Å². The molecule has 6 rings (SSSR count). The lowest BCUT2D eigenvalue weighted by Gasteiger charge is -2.31. The van der Waals surface area contributed by atoms with Crippen molar-refractivity contribution in [2.75, 3.05) is 26.4 Å². The number of aromatic hydroxyl groups is 2. The largest absolute Gasteiger partial charge is 0.507 e. The Labute approximate surface area is 356 Å². The Morgan fingerprint density at radius 2 is 0.797 bits per heavy atom. The molecular formula is C53H74O6. The molecule has 4 aromatic rings. The maximum Gasteiger partial charge on any atom is 0.161 e. The molecule has 0 aromatic heterocycles. The van der Waals surface area contributed by atoms with Crippen molar-refractivity contribution < 1.29 is 29.2 Å². The van der Waals surface area contributed by atoms with Crippen LogP contribution in [0.25, 0.3) is 0 Å². The van der Waals surface area contributed by atoms with E-state index in [0.29, 0.717) is 37.9 Å². The van der Waals surface area contributed by atoms with E-state index in [1.807, 2.05) is 52.0 Å². The number of phenols is 2. The highest BCUT2D eigenvalue weighted by molar-refractivity contribution is 5.66. The minimum atomic E-state index is -0.0983. The molecular weight excluding hydrogens is 733 g/mol. The topological polar surface area (TPSA) is 77.4 Å². The first-order valence-electron chi connectivity index (χ1n) is 22.3. The van der Waals surface area contributed by atoms with Crippen molar-refractivity contribution in [3.05, 3.63) is 104 Å². The minimum Gasteiger partial charge on any atom is -0.507 e. The van der Waals surface area contributed by atoms with Crippen LogP contribution in [0.3, 0.4) is 0 Å². The van der Waals surface area contributed by atoms with Crippen LogP contribution >= 0.6 is 0 Å². The molecule has 2 aliphatic carbocycles. The van der Waals surface area contributed by atoms with E-state index in [1.165, 1.54) is 22.3 Å². The SMILES string of the molecule is CCCOc1cc2c(cc1OCCC)C1(CC2(C)C)CC(C)(C)c2cc(OCCC)c(OCCC)cc21.Cc1cc(C)c(O)c(C(c2cc(C)cc(C)c2O)C(C)C)c1. The number of aryl methyl sites for hydroxylation is 4. The molecule has 0 bridgehead atoms. The van der Waals surface area contributed by atoms with Crippen LogP contribution in [0.4, 0.5) is 0 Å².